The monoisotopic (exact) mass is 172 g/mol. The van der Waals surface area contributed by atoms with Crippen molar-refractivity contribution < 1.29 is 1.37 Å². The van der Waals surface area contributed by atoms with Crippen molar-refractivity contribution in [3.63, 3.8) is 0 Å². The second-order valence-corrected chi connectivity index (χ2v) is 3.30. The van der Waals surface area contributed by atoms with Crippen molar-refractivity contribution in [1.29, 1.82) is 0 Å². The largest absolute Gasteiger partial charge is 0.377 e. The molecule has 0 amide bonds. The maximum Gasteiger partial charge on any atom is 0.0629 e. The van der Waals surface area contributed by atoms with E-state index in [9.17, 15) is 0 Å². The van der Waals surface area contributed by atoms with Gasteiger partial charge in [0, 0.05) is 25.2 Å². The summed E-state index contributed by atoms with van der Waals surface area (Å²) in [7, 11) is 4.04. The topological polar surface area (TPSA) is 3.24 Å². The van der Waals surface area contributed by atoms with Gasteiger partial charge in [0.15, 0.2) is 0 Å². The average molecular weight is 172 g/mol. The second-order valence-electron chi connectivity index (χ2n) is 3.30. The minimum atomic E-state index is 0.589. The van der Waals surface area contributed by atoms with Crippen LogP contribution >= 0.6 is 0 Å². The Morgan fingerprint density at radius 1 is 1.08 bits per heavy atom. The standard InChI is InChI=1S/C12H13N/c1-13(2)12-9-5-7-10-6-3-4-8-11(10)12/h3-9H,1-2H3/i7D. The lowest BCUT2D eigenvalue weighted by Gasteiger charge is -2.14. The van der Waals surface area contributed by atoms with E-state index in [1.54, 1.807) is 0 Å². The van der Waals surface area contributed by atoms with Gasteiger partial charge in [-0.05, 0) is 11.5 Å². The van der Waals surface area contributed by atoms with Crippen molar-refractivity contribution in [3.8, 4) is 0 Å². The molecule has 0 bridgehead atoms. The van der Waals surface area contributed by atoms with Gasteiger partial charge in [-0.1, -0.05) is 36.4 Å². The Morgan fingerprint density at radius 3 is 2.62 bits per heavy atom. The molecule has 0 aromatic heterocycles. The zero-order valence-electron chi connectivity index (χ0n) is 8.91. The first-order chi connectivity index (χ1) is 6.70. The molecule has 2 rings (SSSR count). The number of nitrogens with zero attached hydrogens (tertiary/aromatic N) is 1. The van der Waals surface area contributed by atoms with Crippen LogP contribution in [0.5, 0.6) is 0 Å². The van der Waals surface area contributed by atoms with Gasteiger partial charge in [0.1, 0.15) is 0 Å². The molecule has 0 unspecified atom stereocenters. The van der Waals surface area contributed by atoms with Crippen molar-refractivity contribution in [3.05, 3.63) is 42.4 Å². The van der Waals surface area contributed by atoms with Crippen molar-refractivity contribution in [1.82, 2.24) is 0 Å². The molecule has 0 fully saturated rings. The van der Waals surface area contributed by atoms with Crippen LogP contribution in [0.2, 0.25) is 0 Å². The highest BCUT2D eigenvalue weighted by atomic mass is 15.1. The summed E-state index contributed by atoms with van der Waals surface area (Å²) in [4.78, 5) is 2.07. The van der Waals surface area contributed by atoms with E-state index >= 15 is 0 Å². The number of fused-ring (bicyclic) bond motifs is 1. The van der Waals surface area contributed by atoms with Crippen molar-refractivity contribution in [2.45, 2.75) is 0 Å². The van der Waals surface area contributed by atoms with Gasteiger partial charge in [0.2, 0.25) is 0 Å². The predicted molar refractivity (Wildman–Crippen MR) is 58.3 cm³/mol. The number of hydrogen-bond acceptors (Lipinski definition) is 1. The molecule has 2 aromatic rings. The molecule has 0 atom stereocenters. The molecule has 1 nitrogen and oxygen atoms in total. The Labute approximate surface area is 80.0 Å². The summed E-state index contributed by atoms with van der Waals surface area (Å²) in [5.41, 5.74) is 1.16. The summed E-state index contributed by atoms with van der Waals surface area (Å²) >= 11 is 0. The van der Waals surface area contributed by atoms with Gasteiger partial charge in [-0.3, -0.25) is 0 Å². The van der Waals surface area contributed by atoms with Crippen molar-refractivity contribution >= 4 is 16.5 Å². The van der Waals surface area contributed by atoms with Crippen LogP contribution < -0.4 is 4.90 Å². The Kier molecular flexibility index (Phi) is 1.66. The van der Waals surface area contributed by atoms with E-state index in [4.69, 9.17) is 1.37 Å². The van der Waals surface area contributed by atoms with Crippen LogP contribution in [0.1, 0.15) is 1.37 Å². The van der Waals surface area contributed by atoms with E-state index in [1.807, 2.05) is 44.4 Å². The molecule has 0 saturated heterocycles. The first-order valence-electron chi connectivity index (χ1n) is 4.86. The zero-order chi connectivity index (χ0) is 10.1. The highest BCUT2D eigenvalue weighted by Crippen LogP contribution is 2.24. The van der Waals surface area contributed by atoms with Gasteiger partial charge in [-0.2, -0.15) is 0 Å². The minimum absolute atomic E-state index is 0.589. The van der Waals surface area contributed by atoms with Crippen molar-refractivity contribution in [2.75, 3.05) is 19.0 Å². The van der Waals surface area contributed by atoms with Crippen LogP contribution in [0, 0.1) is 0 Å². The van der Waals surface area contributed by atoms with Crippen LogP contribution in [0.15, 0.2) is 42.4 Å². The summed E-state index contributed by atoms with van der Waals surface area (Å²) < 4.78 is 7.78. The molecule has 1 heteroatoms. The molecular formula is C12H13N. The fourth-order valence-electron chi connectivity index (χ4n) is 1.52. The normalized spacial score (nSPS) is 11.4. The summed E-state index contributed by atoms with van der Waals surface area (Å²) in [6.07, 6.45) is 0. The van der Waals surface area contributed by atoms with Gasteiger partial charge in [-0.25, -0.2) is 0 Å². The van der Waals surface area contributed by atoms with Gasteiger partial charge >= 0.3 is 0 Å². The molecule has 0 spiro atoms. The quantitative estimate of drug-likeness (QED) is 0.639. The van der Waals surface area contributed by atoms with E-state index in [-0.39, 0.29) is 0 Å². The van der Waals surface area contributed by atoms with Gasteiger partial charge in [-0.15, -0.1) is 0 Å². The maximum absolute atomic E-state index is 7.78. The number of rotatable bonds is 1. The third-order valence-electron chi connectivity index (χ3n) is 2.16. The lowest BCUT2D eigenvalue weighted by atomic mass is 10.1. The van der Waals surface area contributed by atoms with Crippen molar-refractivity contribution in [2.24, 2.45) is 0 Å². The smallest absolute Gasteiger partial charge is 0.0629 e. The fourth-order valence-corrected chi connectivity index (χ4v) is 1.52. The third kappa shape index (κ3) is 1.37. The molecule has 13 heavy (non-hydrogen) atoms. The van der Waals surface area contributed by atoms with Gasteiger partial charge < -0.3 is 4.90 Å². The zero-order valence-corrected chi connectivity index (χ0v) is 7.91. The molecular weight excluding hydrogens is 158 g/mol. The summed E-state index contributed by atoms with van der Waals surface area (Å²) in [5, 5.41) is 2.16. The summed E-state index contributed by atoms with van der Waals surface area (Å²) in [5.74, 6) is 0. The highest BCUT2D eigenvalue weighted by molar-refractivity contribution is 5.94. The van der Waals surface area contributed by atoms with E-state index < -0.39 is 0 Å². The first-order valence-corrected chi connectivity index (χ1v) is 4.36. The van der Waals surface area contributed by atoms with Crippen LogP contribution in [0.4, 0.5) is 5.69 Å². The van der Waals surface area contributed by atoms with E-state index in [0.717, 1.165) is 16.5 Å². The second kappa shape index (κ2) is 3.09. The Hall–Kier alpha value is -1.50. The van der Waals surface area contributed by atoms with Crippen LogP contribution in [0.3, 0.4) is 0 Å². The lowest BCUT2D eigenvalue weighted by molar-refractivity contribution is 1.14. The Morgan fingerprint density at radius 2 is 1.85 bits per heavy atom. The Balaban J connectivity index is 2.82. The molecule has 0 N–H and O–H groups in total. The fraction of sp³-hybridized carbons (Fsp3) is 0.167. The maximum atomic E-state index is 7.78. The molecule has 0 saturated carbocycles. The first kappa shape index (κ1) is 6.96. The number of hydrogen-bond donors (Lipinski definition) is 0. The predicted octanol–water partition coefficient (Wildman–Crippen LogP) is 2.91. The van der Waals surface area contributed by atoms with Gasteiger partial charge in [0.05, 0.1) is 1.37 Å². The lowest BCUT2D eigenvalue weighted by Crippen LogP contribution is -2.08. The molecule has 0 aliphatic carbocycles. The van der Waals surface area contributed by atoms with E-state index in [1.165, 1.54) is 0 Å². The molecule has 0 radical (unpaired) electrons. The number of benzene rings is 2. The van der Waals surface area contributed by atoms with Crippen LogP contribution in [0.25, 0.3) is 10.8 Å². The van der Waals surface area contributed by atoms with Crippen LogP contribution in [-0.4, -0.2) is 14.1 Å². The molecule has 0 aliphatic rings. The molecule has 66 valence electrons. The molecule has 2 aromatic carbocycles. The Bertz CT molecular complexity index is 463. The summed E-state index contributed by atoms with van der Waals surface area (Å²) in [6.45, 7) is 0. The third-order valence-corrected chi connectivity index (χ3v) is 2.16. The summed E-state index contributed by atoms with van der Waals surface area (Å²) in [6, 6.07) is 12.5. The van der Waals surface area contributed by atoms with E-state index in [0.29, 0.717) is 6.04 Å². The molecule has 0 heterocycles. The van der Waals surface area contributed by atoms with Crippen LogP contribution in [-0.2, 0) is 0 Å². The average Bonchev–Trinajstić information content (AvgIpc) is 2.18. The minimum Gasteiger partial charge on any atom is -0.377 e. The SMILES string of the molecule is [2H]c1ccc(N(C)C)c2ccccc12. The van der Waals surface area contributed by atoms with E-state index in [2.05, 4.69) is 11.0 Å². The number of anilines is 1. The molecule has 0 aliphatic heterocycles. The highest BCUT2D eigenvalue weighted by Gasteiger charge is 1.99. The van der Waals surface area contributed by atoms with Gasteiger partial charge in [0.25, 0.3) is 0 Å².